The minimum atomic E-state index is -1.15. The van der Waals surface area contributed by atoms with Gasteiger partial charge in [-0.3, -0.25) is 9.78 Å². The quantitative estimate of drug-likeness (QED) is 0.225. The number of halogens is 2. The van der Waals surface area contributed by atoms with E-state index in [1.165, 1.54) is 42.8 Å². The van der Waals surface area contributed by atoms with Crippen molar-refractivity contribution >= 4 is 46.5 Å². The maximum Gasteiger partial charge on any atom is 0.336 e. The largest absolute Gasteiger partial charge is 0.478 e. The predicted octanol–water partition coefficient (Wildman–Crippen LogP) is 7.50. The molecule has 8 heteroatoms. The van der Waals surface area contributed by atoms with Crippen LogP contribution in [0, 0.1) is 11.7 Å². The lowest BCUT2D eigenvalue weighted by atomic mass is 10.0. The Balaban J connectivity index is 1.38. The van der Waals surface area contributed by atoms with Crippen LogP contribution in [0.4, 0.5) is 15.8 Å². The number of hydrogen-bond acceptors (Lipinski definition) is 5. The summed E-state index contributed by atoms with van der Waals surface area (Å²) in [6.07, 6.45) is 4.05. The molecule has 0 radical (unpaired) electrons. The lowest BCUT2D eigenvalue weighted by Gasteiger charge is -2.25. The smallest absolute Gasteiger partial charge is 0.336 e. The van der Waals surface area contributed by atoms with Crippen molar-refractivity contribution in [3.63, 3.8) is 0 Å². The Hall–Kier alpha value is -3.68. The summed E-state index contributed by atoms with van der Waals surface area (Å²) in [6, 6.07) is 21.5. The molecule has 186 valence electrons. The molecule has 37 heavy (non-hydrogen) atoms. The van der Waals surface area contributed by atoms with Crippen molar-refractivity contribution in [2.45, 2.75) is 22.6 Å². The summed E-state index contributed by atoms with van der Waals surface area (Å²) >= 11 is 7.25. The first-order valence-electron chi connectivity index (χ1n) is 11.7. The van der Waals surface area contributed by atoms with Gasteiger partial charge in [0.1, 0.15) is 11.5 Å². The highest BCUT2D eigenvalue weighted by Gasteiger charge is 2.26. The van der Waals surface area contributed by atoms with E-state index in [0.717, 1.165) is 17.9 Å². The van der Waals surface area contributed by atoms with Crippen LogP contribution in [0.1, 0.15) is 39.3 Å². The second-order valence-corrected chi connectivity index (χ2v) is 10.4. The van der Waals surface area contributed by atoms with Gasteiger partial charge in [0, 0.05) is 32.6 Å². The van der Waals surface area contributed by atoms with Gasteiger partial charge in [0.2, 0.25) is 5.78 Å². The molecule has 5 nitrogen and oxygen atoms in total. The van der Waals surface area contributed by atoms with E-state index >= 15 is 0 Å². The minimum Gasteiger partial charge on any atom is -0.478 e. The van der Waals surface area contributed by atoms with Gasteiger partial charge >= 0.3 is 5.97 Å². The number of pyridine rings is 1. The van der Waals surface area contributed by atoms with Crippen LogP contribution in [0.25, 0.3) is 0 Å². The molecule has 3 aromatic carbocycles. The second-order valence-electron chi connectivity index (χ2n) is 8.83. The first kappa shape index (κ1) is 25.0. The number of carbonyl (C=O) groups excluding carboxylic acids is 1. The Morgan fingerprint density at radius 3 is 2.30 bits per heavy atom. The zero-order chi connectivity index (χ0) is 25.9. The molecular weight excluding hydrogens is 511 g/mol. The Morgan fingerprint density at radius 1 is 0.973 bits per heavy atom. The normalized spacial score (nSPS) is 12.8. The van der Waals surface area contributed by atoms with Gasteiger partial charge in [0.15, 0.2) is 0 Å². The van der Waals surface area contributed by atoms with Gasteiger partial charge in [-0.05, 0) is 97.6 Å². The molecule has 1 fully saturated rings. The van der Waals surface area contributed by atoms with E-state index in [0.29, 0.717) is 20.7 Å². The Morgan fingerprint density at radius 2 is 1.68 bits per heavy atom. The topological polar surface area (TPSA) is 70.5 Å². The highest BCUT2D eigenvalue weighted by atomic mass is 35.5. The van der Waals surface area contributed by atoms with Crippen molar-refractivity contribution in [2.24, 2.45) is 5.92 Å². The van der Waals surface area contributed by atoms with Gasteiger partial charge in [-0.1, -0.05) is 23.4 Å². The number of carboxylic acids is 1. The van der Waals surface area contributed by atoms with E-state index in [2.05, 4.69) is 9.88 Å². The molecular formula is C29H22ClFN2O3S. The number of carboxylic acid groups (broad SMARTS) is 1. The van der Waals surface area contributed by atoms with Crippen LogP contribution in [0.2, 0.25) is 5.02 Å². The summed E-state index contributed by atoms with van der Waals surface area (Å²) in [6.45, 7) is 0.853. The summed E-state index contributed by atoms with van der Waals surface area (Å²) in [5.41, 5.74) is 2.31. The molecule has 1 aromatic heterocycles. The van der Waals surface area contributed by atoms with E-state index in [9.17, 15) is 19.1 Å². The first-order chi connectivity index (χ1) is 17.9. The zero-order valence-electron chi connectivity index (χ0n) is 19.6. The minimum absolute atomic E-state index is 0.00450. The third-order valence-corrected chi connectivity index (χ3v) is 7.42. The third-order valence-electron chi connectivity index (χ3n) is 6.08. The lowest BCUT2D eigenvalue weighted by Crippen LogP contribution is -2.20. The number of anilines is 2. The zero-order valence-corrected chi connectivity index (χ0v) is 21.2. The van der Waals surface area contributed by atoms with Crippen LogP contribution in [0.3, 0.4) is 0 Å². The number of aromatic carboxylic acids is 1. The van der Waals surface area contributed by atoms with Gasteiger partial charge in [0.25, 0.3) is 0 Å². The number of hydrogen-bond donors (Lipinski definition) is 1. The van der Waals surface area contributed by atoms with Gasteiger partial charge in [-0.2, -0.15) is 0 Å². The SMILES string of the molecule is O=C(c1ccc(Sc2ccc(F)cc2)c(C(=O)O)c1)c1ccc(N(CC2CC2)c2ccc(Cl)cc2)cn1. The molecule has 1 saturated carbocycles. The summed E-state index contributed by atoms with van der Waals surface area (Å²) in [7, 11) is 0. The predicted molar refractivity (Wildman–Crippen MR) is 143 cm³/mol. The Bertz CT molecular complexity index is 1440. The van der Waals surface area contributed by atoms with E-state index < -0.39 is 5.97 Å². The molecule has 1 N–H and O–H groups in total. The number of rotatable bonds is 9. The van der Waals surface area contributed by atoms with Crippen LogP contribution >= 0.6 is 23.4 Å². The third kappa shape index (κ3) is 6.01. The number of carbonyl (C=O) groups is 2. The average molecular weight is 533 g/mol. The monoisotopic (exact) mass is 532 g/mol. The van der Waals surface area contributed by atoms with Gasteiger partial charge in [-0.25, -0.2) is 9.18 Å². The fraction of sp³-hybridized carbons (Fsp3) is 0.138. The van der Waals surface area contributed by atoms with E-state index in [-0.39, 0.29) is 28.4 Å². The average Bonchev–Trinajstić information content (AvgIpc) is 3.73. The number of nitrogens with zero attached hydrogens (tertiary/aromatic N) is 2. The molecule has 1 heterocycles. The van der Waals surface area contributed by atoms with Crippen molar-refractivity contribution in [3.8, 4) is 0 Å². The van der Waals surface area contributed by atoms with Crippen LogP contribution in [0.5, 0.6) is 0 Å². The standard InChI is InChI=1S/C29H22ClFN2O3S/c30-20-4-8-22(9-5-20)33(17-18-1-2-18)23-10-13-26(32-16-23)28(34)19-3-14-27(25(15-19)29(35)36)37-24-11-6-21(31)7-12-24/h3-16,18H,1-2,17H2,(H,35,36). The maximum atomic E-state index is 13.2. The number of ketones is 1. The van der Waals surface area contributed by atoms with E-state index in [1.807, 2.05) is 30.3 Å². The molecule has 0 bridgehead atoms. The molecule has 0 saturated heterocycles. The van der Waals surface area contributed by atoms with Crippen LogP contribution in [0.15, 0.2) is 94.9 Å². The molecule has 0 aliphatic heterocycles. The summed E-state index contributed by atoms with van der Waals surface area (Å²) in [5, 5.41) is 10.4. The molecule has 0 spiro atoms. The van der Waals surface area contributed by atoms with Crippen LogP contribution < -0.4 is 4.90 Å². The fourth-order valence-corrected chi connectivity index (χ4v) is 4.97. The molecule has 4 aromatic rings. The highest BCUT2D eigenvalue weighted by Crippen LogP contribution is 2.36. The van der Waals surface area contributed by atoms with Gasteiger partial charge in [-0.15, -0.1) is 0 Å². The van der Waals surface area contributed by atoms with E-state index in [4.69, 9.17) is 11.6 Å². The van der Waals surface area contributed by atoms with Crippen molar-refractivity contribution in [2.75, 3.05) is 11.4 Å². The van der Waals surface area contributed by atoms with Crippen LogP contribution in [-0.2, 0) is 0 Å². The Labute approximate surface area is 222 Å². The lowest BCUT2D eigenvalue weighted by molar-refractivity contribution is 0.0693. The first-order valence-corrected chi connectivity index (χ1v) is 12.9. The van der Waals surface area contributed by atoms with Crippen molar-refractivity contribution in [1.82, 2.24) is 4.98 Å². The number of aromatic nitrogens is 1. The Kier molecular flexibility index (Phi) is 7.26. The van der Waals surface area contributed by atoms with Gasteiger partial charge in [0.05, 0.1) is 17.4 Å². The summed E-state index contributed by atoms with van der Waals surface area (Å²) < 4.78 is 13.2. The molecule has 0 unspecified atom stereocenters. The molecule has 5 rings (SSSR count). The molecule has 1 aliphatic rings. The van der Waals surface area contributed by atoms with Crippen molar-refractivity contribution < 1.29 is 19.1 Å². The molecule has 1 aliphatic carbocycles. The molecule has 0 amide bonds. The van der Waals surface area contributed by atoms with Crippen molar-refractivity contribution in [3.05, 3.63) is 113 Å². The number of benzene rings is 3. The maximum absolute atomic E-state index is 13.2. The van der Waals surface area contributed by atoms with E-state index in [1.54, 1.807) is 36.5 Å². The second kappa shape index (κ2) is 10.7. The highest BCUT2D eigenvalue weighted by molar-refractivity contribution is 7.99. The summed E-state index contributed by atoms with van der Waals surface area (Å²) in [4.78, 5) is 32.8. The van der Waals surface area contributed by atoms with Gasteiger partial charge < -0.3 is 10.0 Å². The summed E-state index contributed by atoms with van der Waals surface area (Å²) in [5.74, 6) is -1.27. The fourth-order valence-electron chi connectivity index (χ4n) is 3.92. The molecule has 0 atom stereocenters. The van der Waals surface area contributed by atoms with Crippen LogP contribution in [-0.4, -0.2) is 28.4 Å². The van der Waals surface area contributed by atoms with Crippen molar-refractivity contribution in [1.29, 1.82) is 0 Å².